The van der Waals surface area contributed by atoms with Crippen molar-refractivity contribution in [1.29, 1.82) is 0 Å². The van der Waals surface area contributed by atoms with E-state index in [0.29, 0.717) is 6.42 Å². The summed E-state index contributed by atoms with van der Waals surface area (Å²) in [4.78, 5) is 0. The van der Waals surface area contributed by atoms with Gasteiger partial charge in [0.05, 0.1) is 0 Å². The molecule has 0 fully saturated rings. The Morgan fingerprint density at radius 2 is 2.33 bits per heavy atom. The van der Waals surface area contributed by atoms with Gasteiger partial charge >= 0.3 is 0 Å². The molecule has 9 heavy (non-hydrogen) atoms. The van der Waals surface area contributed by atoms with E-state index < -0.39 is 6.10 Å². The SMILES string of the molecule is C#C[C@@H](O)C/C=C/CC. The lowest BCUT2D eigenvalue weighted by Gasteiger charge is -1.94. The summed E-state index contributed by atoms with van der Waals surface area (Å²) in [7, 11) is 0. The van der Waals surface area contributed by atoms with Crippen LogP contribution in [0.5, 0.6) is 0 Å². The Morgan fingerprint density at radius 1 is 1.67 bits per heavy atom. The van der Waals surface area contributed by atoms with E-state index in [0.717, 1.165) is 6.42 Å². The molecule has 0 aromatic rings. The van der Waals surface area contributed by atoms with Gasteiger partial charge in [-0.15, -0.1) is 6.42 Å². The average Bonchev–Trinajstić information content (AvgIpc) is 1.89. The van der Waals surface area contributed by atoms with Crippen LogP contribution in [0.4, 0.5) is 0 Å². The summed E-state index contributed by atoms with van der Waals surface area (Å²) in [6, 6.07) is 0. The molecule has 0 rings (SSSR count). The van der Waals surface area contributed by atoms with Gasteiger partial charge in [-0.3, -0.25) is 0 Å². The molecule has 1 nitrogen and oxygen atoms in total. The minimum Gasteiger partial charge on any atom is -0.380 e. The second-order valence-electron chi connectivity index (χ2n) is 1.80. The van der Waals surface area contributed by atoms with Crippen LogP contribution < -0.4 is 0 Å². The van der Waals surface area contributed by atoms with Crippen molar-refractivity contribution in [2.75, 3.05) is 0 Å². The fourth-order valence-electron chi connectivity index (χ4n) is 0.460. The topological polar surface area (TPSA) is 20.2 Å². The minimum absolute atomic E-state index is 0.574. The van der Waals surface area contributed by atoms with Crippen molar-refractivity contribution in [3.63, 3.8) is 0 Å². The Labute approximate surface area is 56.4 Å². The zero-order chi connectivity index (χ0) is 7.11. The van der Waals surface area contributed by atoms with E-state index in [1.165, 1.54) is 0 Å². The largest absolute Gasteiger partial charge is 0.380 e. The number of hydrogen-bond donors (Lipinski definition) is 1. The lowest BCUT2D eigenvalue weighted by Crippen LogP contribution is -1.98. The van der Waals surface area contributed by atoms with Crippen molar-refractivity contribution in [3.8, 4) is 12.3 Å². The van der Waals surface area contributed by atoms with Gasteiger partial charge in [-0.1, -0.05) is 25.0 Å². The molecule has 0 unspecified atom stereocenters. The fraction of sp³-hybridized carbons (Fsp3) is 0.500. The molecular formula is C8H12O. The highest BCUT2D eigenvalue weighted by molar-refractivity contribution is 4.98. The number of rotatable bonds is 3. The molecule has 0 aliphatic rings. The van der Waals surface area contributed by atoms with Crippen LogP contribution >= 0.6 is 0 Å². The molecule has 1 heteroatoms. The summed E-state index contributed by atoms with van der Waals surface area (Å²) in [6.45, 7) is 2.04. The van der Waals surface area contributed by atoms with E-state index in [1.807, 2.05) is 19.1 Å². The van der Waals surface area contributed by atoms with Crippen LogP contribution in [0.2, 0.25) is 0 Å². The number of hydrogen-bond acceptors (Lipinski definition) is 1. The van der Waals surface area contributed by atoms with Crippen molar-refractivity contribution in [2.24, 2.45) is 0 Å². The summed E-state index contributed by atoms with van der Waals surface area (Å²) in [5, 5.41) is 8.80. The lowest BCUT2D eigenvalue weighted by atomic mass is 10.2. The standard InChI is InChI=1S/C8H12O/c1-3-5-6-7-8(9)4-2/h2,5-6,8-9H,3,7H2,1H3/b6-5+/t8-/m1/s1. The third kappa shape index (κ3) is 5.13. The smallest absolute Gasteiger partial charge is 0.117 e. The molecule has 0 saturated heterocycles. The molecule has 0 aliphatic heterocycles. The van der Waals surface area contributed by atoms with Gasteiger partial charge < -0.3 is 5.11 Å². The number of aliphatic hydroxyl groups excluding tert-OH is 1. The third-order valence-corrected chi connectivity index (χ3v) is 0.954. The van der Waals surface area contributed by atoms with Crippen molar-refractivity contribution in [1.82, 2.24) is 0 Å². The van der Waals surface area contributed by atoms with Gasteiger partial charge in [-0.05, 0) is 6.42 Å². The second kappa shape index (κ2) is 5.40. The van der Waals surface area contributed by atoms with E-state index in [2.05, 4.69) is 5.92 Å². The molecule has 0 spiro atoms. The molecule has 0 amide bonds. The Bertz CT molecular complexity index is 119. The maximum atomic E-state index is 8.80. The molecule has 1 atom stereocenters. The second-order valence-corrected chi connectivity index (χ2v) is 1.80. The maximum Gasteiger partial charge on any atom is 0.117 e. The monoisotopic (exact) mass is 124 g/mol. The Balaban J connectivity index is 3.29. The van der Waals surface area contributed by atoms with Gasteiger partial charge in [-0.2, -0.15) is 0 Å². The molecule has 0 aromatic carbocycles. The first-order valence-electron chi connectivity index (χ1n) is 3.10. The predicted octanol–water partition coefficient (Wildman–Crippen LogP) is 1.34. The van der Waals surface area contributed by atoms with E-state index >= 15 is 0 Å². The fourth-order valence-corrected chi connectivity index (χ4v) is 0.460. The Hall–Kier alpha value is -0.740. The van der Waals surface area contributed by atoms with Crippen LogP contribution in [0.3, 0.4) is 0 Å². The predicted molar refractivity (Wildman–Crippen MR) is 38.9 cm³/mol. The van der Waals surface area contributed by atoms with Crippen molar-refractivity contribution >= 4 is 0 Å². The third-order valence-electron chi connectivity index (χ3n) is 0.954. The first-order chi connectivity index (χ1) is 4.31. The first kappa shape index (κ1) is 8.26. The van der Waals surface area contributed by atoms with Gasteiger partial charge in [0.25, 0.3) is 0 Å². The normalized spacial score (nSPS) is 13.4. The van der Waals surface area contributed by atoms with E-state index in [-0.39, 0.29) is 0 Å². The van der Waals surface area contributed by atoms with Crippen LogP contribution in [0.25, 0.3) is 0 Å². The van der Waals surface area contributed by atoms with E-state index in [1.54, 1.807) is 0 Å². The molecular weight excluding hydrogens is 112 g/mol. The molecule has 0 heterocycles. The minimum atomic E-state index is -0.604. The van der Waals surface area contributed by atoms with Gasteiger partial charge in [0, 0.05) is 6.42 Å². The van der Waals surface area contributed by atoms with Gasteiger partial charge in [0.15, 0.2) is 0 Å². The molecule has 1 N–H and O–H groups in total. The molecule has 0 aromatic heterocycles. The van der Waals surface area contributed by atoms with Crippen molar-refractivity contribution < 1.29 is 5.11 Å². The zero-order valence-corrected chi connectivity index (χ0v) is 5.67. The molecule has 0 bridgehead atoms. The van der Waals surface area contributed by atoms with Crippen LogP contribution in [-0.2, 0) is 0 Å². The van der Waals surface area contributed by atoms with Gasteiger partial charge in [0.1, 0.15) is 6.10 Å². The van der Waals surface area contributed by atoms with Gasteiger partial charge in [-0.25, -0.2) is 0 Å². The van der Waals surface area contributed by atoms with E-state index in [4.69, 9.17) is 11.5 Å². The first-order valence-corrected chi connectivity index (χ1v) is 3.10. The highest BCUT2D eigenvalue weighted by Gasteiger charge is 1.90. The Kier molecular flexibility index (Phi) is 4.95. The average molecular weight is 124 g/mol. The van der Waals surface area contributed by atoms with Crippen LogP contribution in [-0.4, -0.2) is 11.2 Å². The summed E-state index contributed by atoms with van der Waals surface area (Å²) < 4.78 is 0. The zero-order valence-electron chi connectivity index (χ0n) is 5.67. The highest BCUT2D eigenvalue weighted by Crippen LogP contribution is 1.91. The van der Waals surface area contributed by atoms with Crippen LogP contribution in [0, 0.1) is 12.3 Å². The highest BCUT2D eigenvalue weighted by atomic mass is 16.3. The van der Waals surface area contributed by atoms with Crippen LogP contribution in [0.1, 0.15) is 19.8 Å². The summed E-state index contributed by atoms with van der Waals surface area (Å²) in [5.41, 5.74) is 0. The van der Waals surface area contributed by atoms with E-state index in [9.17, 15) is 0 Å². The lowest BCUT2D eigenvalue weighted by molar-refractivity contribution is 0.236. The summed E-state index contributed by atoms with van der Waals surface area (Å²) in [6.07, 6.45) is 9.77. The Morgan fingerprint density at radius 3 is 2.78 bits per heavy atom. The quantitative estimate of drug-likeness (QED) is 0.444. The van der Waals surface area contributed by atoms with Gasteiger partial charge in [0.2, 0.25) is 0 Å². The molecule has 0 saturated carbocycles. The van der Waals surface area contributed by atoms with Crippen molar-refractivity contribution in [3.05, 3.63) is 12.2 Å². The number of terminal acetylenes is 1. The van der Waals surface area contributed by atoms with Crippen LogP contribution in [0.15, 0.2) is 12.2 Å². The van der Waals surface area contributed by atoms with Crippen molar-refractivity contribution in [2.45, 2.75) is 25.9 Å². The maximum absolute atomic E-state index is 8.80. The number of aliphatic hydroxyl groups is 1. The molecule has 50 valence electrons. The molecule has 0 aliphatic carbocycles. The summed E-state index contributed by atoms with van der Waals surface area (Å²) in [5.74, 6) is 2.23. The summed E-state index contributed by atoms with van der Waals surface area (Å²) >= 11 is 0. The molecule has 0 radical (unpaired) electrons. The number of allylic oxidation sites excluding steroid dienone is 1.